The van der Waals surface area contributed by atoms with E-state index < -0.39 is 79.9 Å². The van der Waals surface area contributed by atoms with Gasteiger partial charge in [0.1, 0.15) is 0 Å². The van der Waals surface area contributed by atoms with Crippen LogP contribution in [0.4, 0.5) is 0 Å². The van der Waals surface area contributed by atoms with Crippen LogP contribution < -0.4 is 9.47 Å². The summed E-state index contributed by atoms with van der Waals surface area (Å²) >= 11 is 0. The van der Waals surface area contributed by atoms with Gasteiger partial charge in [0.05, 0.1) is 25.8 Å². The molecule has 1 N–H and O–H groups in total. The number of methoxy groups -OCH3 is 2. The van der Waals surface area contributed by atoms with Crippen LogP contribution in [0.2, 0.25) is 0 Å². The van der Waals surface area contributed by atoms with Gasteiger partial charge in [0, 0.05) is 34.1 Å². The highest BCUT2D eigenvalue weighted by Crippen LogP contribution is 2.43. The number of rotatable bonds is 4. The normalized spacial score (nSPS) is 54.7. The molecule has 1 fully saturated rings. The maximum Gasteiger partial charge on any atom is 0.161 e. The first-order valence-electron chi connectivity index (χ1n) is 14.6. The van der Waals surface area contributed by atoms with E-state index in [-0.39, 0.29) is 17.7 Å². The molecule has 4 nitrogen and oxygen atoms in total. The van der Waals surface area contributed by atoms with E-state index in [1.807, 2.05) is 0 Å². The molecule has 0 radical (unpaired) electrons. The average Bonchev–Trinajstić information content (AvgIpc) is 2.77. The number of hydrogen-bond acceptors (Lipinski definition) is 4. The van der Waals surface area contributed by atoms with Crippen molar-refractivity contribution in [2.75, 3.05) is 27.3 Å². The molecule has 2 aliphatic rings. The summed E-state index contributed by atoms with van der Waals surface area (Å²) in [6.07, 6.45) is -12.3. The molecule has 4 unspecified atom stereocenters. The van der Waals surface area contributed by atoms with Crippen molar-refractivity contribution in [3.05, 3.63) is 23.2 Å². The van der Waals surface area contributed by atoms with E-state index >= 15 is 0 Å². The van der Waals surface area contributed by atoms with Gasteiger partial charge in [0.25, 0.3) is 0 Å². The number of piperidine rings is 1. The lowest BCUT2D eigenvalue weighted by Crippen LogP contribution is -2.48. The summed E-state index contributed by atoms with van der Waals surface area (Å²) in [7, 11) is 2.30. The molecule has 2 aliphatic heterocycles. The van der Waals surface area contributed by atoms with Crippen molar-refractivity contribution in [1.82, 2.24) is 4.90 Å². The van der Waals surface area contributed by atoms with Gasteiger partial charge in [-0.1, -0.05) is 13.8 Å². The lowest BCUT2D eigenvalue weighted by molar-refractivity contribution is -0.0191. The highest BCUT2D eigenvalue weighted by molar-refractivity contribution is 5.49. The van der Waals surface area contributed by atoms with Crippen molar-refractivity contribution < 1.29 is 35.1 Å². The van der Waals surface area contributed by atoms with Crippen LogP contribution in [0.25, 0.3) is 0 Å². The Balaban J connectivity index is 2.50. The van der Waals surface area contributed by atoms with Crippen LogP contribution in [0, 0.1) is 11.8 Å². The second kappa shape index (κ2) is 6.70. The molecule has 0 amide bonds. The Morgan fingerprint density at radius 3 is 3.00 bits per heavy atom. The fourth-order valence-electron chi connectivity index (χ4n) is 2.53. The van der Waals surface area contributed by atoms with E-state index in [1.165, 1.54) is 7.11 Å². The smallest absolute Gasteiger partial charge is 0.161 e. The number of benzene rings is 1. The van der Waals surface area contributed by atoms with Crippen LogP contribution in [0.1, 0.15) is 64.2 Å². The Morgan fingerprint density at radius 2 is 2.30 bits per heavy atom. The molecule has 2 heterocycles. The maximum atomic E-state index is 11.4. The quantitative estimate of drug-likeness (QED) is 0.919. The summed E-state index contributed by atoms with van der Waals surface area (Å²) < 4.78 is 138. The molecule has 4 atom stereocenters. The first kappa shape index (κ1) is 6.23. The van der Waals surface area contributed by atoms with Crippen molar-refractivity contribution in [2.24, 2.45) is 11.8 Å². The van der Waals surface area contributed by atoms with Crippen LogP contribution in [-0.4, -0.2) is 43.3 Å². The maximum absolute atomic E-state index is 11.4. The van der Waals surface area contributed by atoms with Crippen molar-refractivity contribution in [1.29, 1.82) is 0 Å². The summed E-state index contributed by atoms with van der Waals surface area (Å²) in [6.45, 7) is -7.30. The van der Waals surface area contributed by atoms with Crippen molar-refractivity contribution in [3.8, 4) is 11.5 Å². The number of nitrogens with zero attached hydrogens (tertiary/aromatic N) is 1. The average molecular weight is 335 g/mol. The minimum atomic E-state index is -4.23. The number of fused-ring (bicyclic) bond motifs is 3. The molecule has 23 heavy (non-hydrogen) atoms. The molecule has 128 valence electrons. The standard InChI is InChI=1S/C19H29NO3/c1-12(2)7-14-11-20-6-5-13-8-18(22-3)19(23-4)9-15(13)16(20)10-17(14)21/h8-9,12,14,16-17,21H,5-7,10-11H2,1-4H3/i1D3,7D2,8D,9D,10D2,11D2,12D,14D,16D,17D. The summed E-state index contributed by atoms with van der Waals surface area (Å²) in [6, 6.07) is -4.34. The van der Waals surface area contributed by atoms with E-state index in [2.05, 4.69) is 0 Å². The Morgan fingerprint density at radius 1 is 1.57 bits per heavy atom. The van der Waals surface area contributed by atoms with E-state index in [1.54, 1.807) is 0 Å². The largest absolute Gasteiger partial charge is 0.493 e. The predicted octanol–water partition coefficient (Wildman–Crippen LogP) is 3.03. The van der Waals surface area contributed by atoms with Gasteiger partial charge in [-0.3, -0.25) is 4.90 Å². The van der Waals surface area contributed by atoms with Gasteiger partial charge in [-0.2, -0.15) is 0 Å². The first-order chi connectivity index (χ1) is 16.8. The molecule has 0 aromatic heterocycles. The van der Waals surface area contributed by atoms with E-state index in [4.69, 9.17) is 28.7 Å². The SMILES string of the molecule is [2H]c1c2c(c([2H])c(OC)c1OC)C1([2H])N(CC2)C([2H])([2H])C([2H])(C([2H])([2H])C([2H])(C)C([2H])([2H])[2H])C([2H])(O)C1([2H])[2H]. The van der Waals surface area contributed by atoms with Crippen LogP contribution in [0.5, 0.6) is 11.5 Å². The van der Waals surface area contributed by atoms with Gasteiger partial charge >= 0.3 is 0 Å². The van der Waals surface area contributed by atoms with Crippen molar-refractivity contribution >= 4 is 0 Å². The second-order valence-corrected chi connectivity index (χ2v) is 5.13. The van der Waals surface area contributed by atoms with Crippen LogP contribution in [-0.2, 0) is 6.42 Å². The summed E-state index contributed by atoms with van der Waals surface area (Å²) in [5, 5.41) is 11.4. The fourth-order valence-corrected chi connectivity index (χ4v) is 2.53. The van der Waals surface area contributed by atoms with Gasteiger partial charge < -0.3 is 14.6 Å². The molecule has 0 saturated carbocycles. The third-order valence-electron chi connectivity index (χ3n) is 3.54. The molecule has 3 rings (SSSR count). The molecule has 1 aromatic carbocycles. The molecule has 4 heteroatoms. The summed E-state index contributed by atoms with van der Waals surface area (Å²) in [5.41, 5.74) is -0.791. The molecule has 0 bridgehead atoms. The number of hydrogen-bond donors (Lipinski definition) is 1. The third kappa shape index (κ3) is 3.20. The fraction of sp³-hybridized carbons (Fsp3) is 0.684. The van der Waals surface area contributed by atoms with Crippen LogP contribution >= 0.6 is 0 Å². The van der Waals surface area contributed by atoms with Gasteiger partial charge in [-0.15, -0.1) is 0 Å². The highest BCUT2D eigenvalue weighted by atomic mass is 16.5. The zero-order chi connectivity index (χ0) is 29.9. The zero-order valence-electron chi connectivity index (χ0n) is 28.1. The molecule has 0 aliphatic carbocycles. The lowest BCUT2D eigenvalue weighted by Gasteiger charge is -2.46. The third-order valence-corrected chi connectivity index (χ3v) is 3.54. The number of ether oxygens (including phenoxy) is 2. The minimum Gasteiger partial charge on any atom is -0.493 e. The summed E-state index contributed by atoms with van der Waals surface area (Å²) in [4.78, 5) is 0.356. The van der Waals surface area contributed by atoms with Gasteiger partial charge in [-0.05, 0) is 54.2 Å². The topological polar surface area (TPSA) is 41.9 Å². The predicted molar refractivity (Wildman–Crippen MR) is 91.1 cm³/mol. The van der Waals surface area contributed by atoms with Crippen LogP contribution in [0.15, 0.2) is 12.1 Å². The van der Waals surface area contributed by atoms with E-state index in [0.717, 1.165) is 7.11 Å². The van der Waals surface area contributed by atoms with Crippen molar-refractivity contribution in [3.63, 3.8) is 0 Å². The van der Waals surface area contributed by atoms with Gasteiger partial charge in [0.2, 0.25) is 0 Å². The molecular formula is C19H29NO3. The lowest BCUT2D eigenvalue weighted by atomic mass is 9.79. The Bertz CT molecular complexity index is 1150. The second-order valence-electron chi connectivity index (χ2n) is 5.13. The van der Waals surface area contributed by atoms with Gasteiger partial charge in [0.15, 0.2) is 11.5 Å². The minimum absolute atomic E-state index is 0.136. The van der Waals surface area contributed by atoms with Crippen LogP contribution in [0.3, 0.4) is 0 Å². The van der Waals surface area contributed by atoms with E-state index in [9.17, 15) is 6.48 Å². The molecule has 1 saturated heterocycles. The molecular weight excluding hydrogens is 290 g/mol. The molecule has 0 spiro atoms. The molecule has 1 aromatic rings. The Kier molecular flexibility index (Phi) is 1.81. The zero-order valence-corrected chi connectivity index (χ0v) is 13.1. The number of aliphatic hydroxyl groups is 1. The summed E-state index contributed by atoms with van der Waals surface area (Å²) in [5.74, 6) is -8.00. The highest BCUT2D eigenvalue weighted by Gasteiger charge is 2.38. The monoisotopic (exact) mass is 334 g/mol. The first-order valence-corrected chi connectivity index (χ1v) is 7.07. The van der Waals surface area contributed by atoms with Gasteiger partial charge in [-0.25, -0.2) is 0 Å². The Hall–Kier alpha value is -1.26. The Labute approximate surface area is 160 Å². The van der Waals surface area contributed by atoms with E-state index in [0.29, 0.717) is 11.8 Å². The van der Waals surface area contributed by atoms with Crippen molar-refractivity contribution in [2.45, 2.75) is 45.0 Å².